The molecule has 1 atom stereocenters. The fourth-order valence-electron chi connectivity index (χ4n) is 5.13. The third-order valence-corrected chi connectivity index (χ3v) is 6.86. The smallest absolute Gasteiger partial charge is 0.257 e. The Labute approximate surface area is 225 Å². The highest BCUT2D eigenvalue weighted by molar-refractivity contribution is 5.99. The Morgan fingerprint density at radius 1 is 1.03 bits per heavy atom. The molecule has 200 valence electrons. The predicted molar refractivity (Wildman–Crippen MR) is 145 cm³/mol. The minimum absolute atomic E-state index is 0. The van der Waals surface area contributed by atoms with Crippen LogP contribution in [0.1, 0.15) is 35.2 Å². The molecular formula is C26H37Cl2N3O5. The zero-order valence-corrected chi connectivity index (χ0v) is 22.8. The van der Waals surface area contributed by atoms with Crippen molar-refractivity contribution in [2.45, 2.75) is 25.7 Å². The minimum atomic E-state index is -0.0908. The molecule has 2 aliphatic heterocycles. The van der Waals surface area contributed by atoms with Crippen LogP contribution in [-0.2, 0) is 6.42 Å². The van der Waals surface area contributed by atoms with Crippen LogP contribution >= 0.6 is 24.8 Å². The van der Waals surface area contributed by atoms with Crippen molar-refractivity contribution in [2.75, 3.05) is 54.1 Å². The summed E-state index contributed by atoms with van der Waals surface area (Å²) in [5, 5.41) is 3.46. The molecule has 4 rings (SSSR count). The first-order valence-electron chi connectivity index (χ1n) is 11.8. The lowest BCUT2D eigenvalue weighted by Crippen LogP contribution is -2.47. The molecule has 0 radical (unpaired) electrons. The van der Waals surface area contributed by atoms with E-state index in [0.29, 0.717) is 40.9 Å². The van der Waals surface area contributed by atoms with Crippen molar-refractivity contribution < 1.29 is 23.7 Å². The molecule has 36 heavy (non-hydrogen) atoms. The molecule has 3 N–H and O–H groups in total. The van der Waals surface area contributed by atoms with Gasteiger partial charge in [0.1, 0.15) is 5.75 Å². The standard InChI is InChI=1S/C26H35N3O5.2ClH/c1-31-22-20(25(30)29-14-4-10-26(17-29)11-13-28-16-26)15-21(23(32-2)24(22)33-3)34-19-7-5-18(6-8-19)9-12-27;;/h5-8,15,28H,4,9-14,16-17,27H2,1-3H3;2*1H. The Hall–Kier alpha value is -2.39. The van der Waals surface area contributed by atoms with Gasteiger partial charge in [-0.05, 0) is 56.5 Å². The summed E-state index contributed by atoms with van der Waals surface area (Å²) < 4.78 is 23.1. The lowest BCUT2D eigenvalue weighted by atomic mass is 9.79. The van der Waals surface area contributed by atoms with Gasteiger partial charge >= 0.3 is 0 Å². The molecule has 2 aromatic rings. The molecule has 2 fully saturated rings. The van der Waals surface area contributed by atoms with Gasteiger partial charge in [-0.2, -0.15) is 0 Å². The van der Waals surface area contributed by atoms with E-state index in [9.17, 15) is 4.79 Å². The molecule has 2 saturated heterocycles. The number of halogens is 2. The molecule has 10 heteroatoms. The van der Waals surface area contributed by atoms with Crippen molar-refractivity contribution in [1.82, 2.24) is 10.2 Å². The summed E-state index contributed by atoms with van der Waals surface area (Å²) in [6.07, 6.45) is 4.02. The van der Waals surface area contributed by atoms with Crippen molar-refractivity contribution in [3.05, 3.63) is 41.5 Å². The lowest BCUT2D eigenvalue weighted by molar-refractivity contribution is 0.0549. The van der Waals surface area contributed by atoms with E-state index in [-0.39, 0.29) is 36.1 Å². The zero-order valence-electron chi connectivity index (χ0n) is 21.1. The van der Waals surface area contributed by atoms with Crippen LogP contribution in [0.3, 0.4) is 0 Å². The molecule has 2 aromatic carbocycles. The Balaban J connectivity index is 0.00000228. The maximum atomic E-state index is 13.8. The molecule has 1 amide bonds. The molecule has 2 heterocycles. The van der Waals surface area contributed by atoms with Gasteiger partial charge in [0.15, 0.2) is 11.5 Å². The summed E-state index contributed by atoms with van der Waals surface area (Å²) in [6.45, 7) is 3.99. The zero-order chi connectivity index (χ0) is 24.1. The number of nitrogens with one attached hydrogen (secondary N) is 1. The summed E-state index contributed by atoms with van der Waals surface area (Å²) in [5.74, 6) is 1.98. The second kappa shape index (κ2) is 13.2. The van der Waals surface area contributed by atoms with Crippen LogP contribution < -0.4 is 30.0 Å². The van der Waals surface area contributed by atoms with Gasteiger partial charge in [0, 0.05) is 31.1 Å². The topological polar surface area (TPSA) is 95.3 Å². The number of carbonyl (C=O) groups is 1. The first-order valence-corrected chi connectivity index (χ1v) is 11.8. The van der Waals surface area contributed by atoms with Crippen LogP contribution in [0.15, 0.2) is 30.3 Å². The highest BCUT2D eigenvalue weighted by Crippen LogP contribution is 2.48. The van der Waals surface area contributed by atoms with Crippen molar-refractivity contribution >= 4 is 30.7 Å². The lowest BCUT2D eigenvalue weighted by Gasteiger charge is -2.40. The highest BCUT2D eigenvalue weighted by atomic mass is 35.5. The maximum absolute atomic E-state index is 13.8. The van der Waals surface area contributed by atoms with Gasteiger partial charge in [0.25, 0.3) is 5.91 Å². The number of hydrogen-bond acceptors (Lipinski definition) is 7. The number of benzene rings is 2. The number of hydrogen-bond donors (Lipinski definition) is 2. The Bertz CT molecular complexity index is 1010. The molecule has 0 bridgehead atoms. The molecule has 0 saturated carbocycles. The SMILES string of the molecule is COc1c(Oc2ccc(CCN)cc2)cc(C(=O)N2CCCC3(CCNC3)C2)c(OC)c1OC.Cl.Cl. The molecule has 0 aliphatic carbocycles. The van der Waals surface area contributed by atoms with Gasteiger partial charge in [0.05, 0.1) is 26.9 Å². The van der Waals surface area contributed by atoms with E-state index in [0.717, 1.165) is 57.4 Å². The van der Waals surface area contributed by atoms with E-state index in [1.54, 1.807) is 6.07 Å². The number of nitrogens with zero attached hydrogens (tertiary/aromatic N) is 1. The van der Waals surface area contributed by atoms with Gasteiger partial charge in [-0.3, -0.25) is 4.79 Å². The Morgan fingerprint density at radius 3 is 2.31 bits per heavy atom. The van der Waals surface area contributed by atoms with E-state index >= 15 is 0 Å². The van der Waals surface area contributed by atoms with Gasteiger partial charge < -0.3 is 34.9 Å². The molecule has 8 nitrogen and oxygen atoms in total. The summed E-state index contributed by atoms with van der Waals surface area (Å²) in [5.41, 5.74) is 7.34. The number of carbonyl (C=O) groups excluding carboxylic acids is 1. The highest BCUT2D eigenvalue weighted by Gasteiger charge is 2.40. The van der Waals surface area contributed by atoms with Gasteiger partial charge in [-0.1, -0.05) is 12.1 Å². The number of ether oxygens (including phenoxy) is 4. The van der Waals surface area contributed by atoms with Crippen LogP contribution in [0, 0.1) is 5.41 Å². The van der Waals surface area contributed by atoms with E-state index in [4.69, 9.17) is 24.7 Å². The molecule has 1 spiro atoms. The van der Waals surface area contributed by atoms with Gasteiger partial charge in [0.2, 0.25) is 11.5 Å². The summed E-state index contributed by atoms with van der Waals surface area (Å²) in [7, 11) is 4.60. The summed E-state index contributed by atoms with van der Waals surface area (Å²) in [6, 6.07) is 9.41. The number of rotatable bonds is 8. The summed E-state index contributed by atoms with van der Waals surface area (Å²) in [4.78, 5) is 15.7. The monoisotopic (exact) mass is 541 g/mol. The van der Waals surface area contributed by atoms with Crippen LogP contribution in [0.5, 0.6) is 28.7 Å². The van der Waals surface area contributed by atoms with Crippen molar-refractivity contribution in [2.24, 2.45) is 11.1 Å². The van der Waals surface area contributed by atoms with Crippen LogP contribution in [0.2, 0.25) is 0 Å². The van der Waals surface area contributed by atoms with E-state index in [2.05, 4.69) is 5.32 Å². The van der Waals surface area contributed by atoms with Crippen molar-refractivity contribution in [3.8, 4) is 28.7 Å². The Kier molecular flexibility index (Phi) is 11.0. The third-order valence-electron chi connectivity index (χ3n) is 6.86. The number of nitrogens with two attached hydrogens (primary N) is 1. The average Bonchev–Trinajstić information content (AvgIpc) is 3.31. The number of methoxy groups -OCH3 is 3. The largest absolute Gasteiger partial charge is 0.492 e. The number of piperidine rings is 1. The van der Waals surface area contributed by atoms with E-state index in [1.807, 2.05) is 29.2 Å². The molecule has 0 aromatic heterocycles. The molecular weight excluding hydrogens is 505 g/mol. The van der Waals surface area contributed by atoms with Crippen LogP contribution in [0.4, 0.5) is 0 Å². The second-order valence-electron chi connectivity index (χ2n) is 9.06. The van der Waals surface area contributed by atoms with Crippen molar-refractivity contribution in [3.63, 3.8) is 0 Å². The van der Waals surface area contributed by atoms with Gasteiger partial charge in [-0.15, -0.1) is 24.8 Å². The fourth-order valence-corrected chi connectivity index (χ4v) is 5.13. The maximum Gasteiger partial charge on any atom is 0.257 e. The molecule has 2 aliphatic rings. The first-order chi connectivity index (χ1) is 16.5. The Morgan fingerprint density at radius 2 is 1.72 bits per heavy atom. The van der Waals surface area contributed by atoms with E-state index in [1.165, 1.54) is 21.3 Å². The van der Waals surface area contributed by atoms with Crippen molar-refractivity contribution in [1.29, 1.82) is 0 Å². The second-order valence-corrected chi connectivity index (χ2v) is 9.06. The fraction of sp³-hybridized carbons (Fsp3) is 0.500. The predicted octanol–water partition coefficient (Wildman–Crippen LogP) is 4.07. The van der Waals surface area contributed by atoms with Crippen LogP contribution in [0.25, 0.3) is 0 Å². The third kappa shape index (κ3) is 6.11. The normalized spacial score (nSPS) is 18.7. The average molecular weight is 543 g/mol. The number of likely N-dealkylation sites (tertiary alicyclic amines) is 1. The first kappa shape index (κ1) is 29.8. The van der Waals surface area contributed by atoms with Crippen LogP contribution in [-0.4, -0.2) is 64.9 Å². The van der Waals surface area contributed by atoms with E-state index < -0.39 is 0 Å². The quantitative estimate of drug-likeness (QED) is 0.520. The molecule has 1 unspecified atom stereocenters. The number of amides is 1. The van der Waals surface area contributed by atoms with Gasteiger partial charge in [-0.25, -0.2) is 0 Å². The minimum Gasteiger partial charge on any atom is -0.492 e. The summed E-state index contributed by atoms with van der Waals surface area (Å²) >= 11 is 0.